The first-order valence-electron chi connectivity index (χ1n) is 11.3. The largest absolute Gasteiger partial charge is 0.497 e. The summed E-state index contributed by atoms with van der Waals surface area (Å²) in [6, 6.07) is 5.61. The number of allylic oxidation sites excluding steroid dienone is 4. The molecule has 1 aromatic heterocycles. The number of likely N-dealkylation sites (N-methyl/N-ethyl adjacent to an activating group) is 1. The molecule has 1 aromatic carbocycles. The number of rotatable bonds is 9. The van der Waals surface area contributed by atoms with Gasteiger partial charge in [0.25, 0.3) is 0 Å². The molecule has 0 saturated carbocycles. The van der Waals surface area contributed by atoms with Gasteiger partial charge in [0, 0.05) is 28.7 Å². The van der Waals surface area contributed by atoms with Gasteiger partial charge in [-0.3, -0.25) is 9.59 Å². The number of benzene rings is 1. The molecular formula is C29H37ClN2O3S. The van der Waals surface area contributed by atoms with Gasteiger partial charge in [-0.2, -0.15) is 0 Å². The van der Waals surface area contributed by atoms with Crippen LogP contribution < -0.4 is 4.74 Å². The van der Waals surface area contributed by atoms with Crippen LogP contribution in [-0.4, -0.2) is 34.8 Å². The van der Waals surface area contributed by atoms with Crippen LogP contribution >= 0.6 is 23.4 Å². The van der Waals surface area contributed by atoms with Crippen LogP contribution in [0.4, 0.5) is 0 Å². The SMILES string of the molecule is C#C.C=C(C)Cl.C=CS/C(=C\C)N(CC)C(=O)Cn1c(C)c(C(=O)/C(C)=C/C)c2ccc(OC)cc21. The number of fused-ring (bicyclic) bond motifs is 1. The Morgan fingerprint density at radius 1 is 1.22 bits per heavy atom. The Balaban J connectivity index is 0.00000185. The van der Waals surface area contributed by atoms with Crippen LogP contribution in [0.15, 0.2) is 64.6 Å². The number of carbonyl (C=O) groups is 2. The predicted molar refractivity (Wildman–Crippen MR) is 156 cm³/mol. The zero-order valence-corrected chi connectivity index (χ0v) is 23.9. The maximum Gasteiger partial charge on any atom is 0.247 e. The monoisotopic (exact) mass is 528 g/mol. The summed E-state index contributed by atoms with van der Waals surface area (Å²) >= 11 is 6.50. The molecule has 0 saturated heterocycles. The van der Waals surface area contributed by atoms with E-state index in [9.17, 15) is 9.59 Å². The number of thioether (sulfide) groups is 1. The van der Waals surface area contributed by atoms with Gasteiger partial charge in [0.05, 0.1) is 23.2 Å². The average molecular weight is 529 g/mol. The van der Waals surface area contributed by atoms with E-state index in [1.54, 1.807) is 24.3 Å². The van der Waals surface area contributed by atoms with E-state index in [4.69, 9.17) is 16.3 Å². The van der Waals surface area contributed by atoms with E-state index in [2.05, 4.69) is 26.0 Å². The lowest BCUT2D eigenvalue weighted by Crippen LogP contribution is -2.32. The fourth-order valence-corrected chi connectivity index (χ4v) is 4.12. The topological polar surface area (TPSA) is 51.5 Å². The van der Waals surface area contributed by atoms with E-state index in [1.807, 2.05) is 69.5 Å². The lowest BCUT2D eigenvalue weighted by Gasteiger charge is -2.23. The highest BCUT2D eigenvalue weighted by atomic mass is 35.5. The molecule has 0 aliphatic rings. The second-order valence-electron chi connectivity index (χ2n) is 7.46. The molecule has 2 aromatic rings. The maximum atomic E-state index is 13.2. The van der Waals surface area contributed by atoms with Crippen molar-refractivity contribution in [2.45, 2.75) is 48.1 Å². The minimum Gasteiger partial charge on any atom is -0.497 e. The highest BCUT2D eigenvalue weighted by molar-refractivity contribution is 8.05. The van der Waals surface area contributed by atoms with Gasteiger partial charge in [-0.05, 0) is 64.7 Å². The number of ketones is 1. The highest BCUT2D eigenvalue weighted by Gasteiger charge is 2.24. The molecule has 0 aliphatic carbocycles. The van der Waals surface area contributed by atoms with E-state index in [1.165, 1.54) is 11.8 Å². The van der Waals surface area contributed by atoms with Crippen molar-refractivity contribution in [3.05, 3.63) is 75.8 Å². The fraction of sp³-hybridized carbons (Fsp3) is 0.310. The Morgan fingerprint density at radius 2 is 1.81 bits per heavy atom. The van der Waals surface area contributed by atoms with E-state index >= 15 is 0 Å². The van der Waals surface area contributed by atoms with Crippen molar-refractivity contribution in [2.24, 2.45) is 0 Å². The molecule has 0 aliphatic heterocycles. The minimum atomic E-state index is -0.0514. The van der Waals surface area contributed by atoms with Crippen molar-refractivity contribution in [1.82, 2.24) is 9.47 Å². The quantitative estimate of drug-likeness (QED) is 0.190. The third kappa shape index (κ3) is 8.51. The van der Waals surface area contributed by atoms with Gasteiger partial charge >= 0.3 is 0 Å². The Bertz CT molecular complexity index is 1170. The summed E-state index contributed by atoms with van der Waals surface area (Å²) in [5.74, 6) is 0.601. The van der Waals surface area contributed by atoms with E-state index in [0.29, 0.717) is 28.5 Å². The van der Waals surface area contributed by atoms with Crippen LogP contribution in [0.1, 0.15) is 50.7 Å². The van der Waals surface area contributed by atoms with Gasteiger partial charge < -0.3 is 14.2 Å². The van der Waals surface area contributed by atoms with Crippen LogP contribution in [0.25, 0.3) is 10.9 Å². The molecule has 0 spiro atoms. The molecule has 1 heterocycles. The molecule has 0 fully saturated rings. The van der Waals surface area contributed by atoms with E-state index in [0.717, 1.165) is 21.6 Å². The van der Waals surface area contributed by atoms with Crippen molar-refractivity contribution in [1.29, 1.82) is 0 Å². The van der Waals surface area contributed by atoms with Crippen molar-refractivity contribution in [3.63, 3.8) is 0 Å². The van der Waals surface area contributed by atoms with Gasteiger partial charge in [-0.25, -0.2) is 0 Å². The Kier molecular flexibility index (Phi) is 15.1. The first-order chi connectivity index (χ1) is 17.1. The van der Waals surface area contributed by atoms with Crippen LogP contribution in [0.2, 0.25) is 0 Å². The van der Waals surface area contributed by atoms with E-state index in [-0.39, 0.29) is 18.2 Å². The van der Waals surface area contributed by atoms with Gasteiger partial charge in [0.15, 0.2) is 5.78 Å². The number of ether oxygens (including phenoxy) is 1. The number of halogens is 1. The van der Waals surface area contributed by atoms with Crippen molar-refractivity contribution in [2.75, 3.05) is 13.7 Å². The summed E-state index contributed by atoms with van der Waals surface area (Å²) in [6.45, 7) is 18.9. The lowest BCUT2D eigenvalue weighted by atomic mass is 10.0. The number of terminal acetylenes is 1. The predicted octanol–water partition coefficient (Wildman–Crippen LogP) is 7.70. The average Bonchev–Trinajstić information content (AvgIpc) is 3.13. The van der Waals surface area contributed by atoms with E-state index < -0.39 is 0 Å². The third-order valence-electron chi connectivity index (χ3n) is 5.18. The smallest absolute Gasteiger partial charge is 0.247 e. The summed E-state index contributed by atoms with van der Waals surface area (Å²) < 4.78 is 7.30. The second kappa shape index (κ2) is 16.5. The molecule has 0 unspecified atom stereocenters. The van der Waals surface area contributed by atoms with Crippen LogP contribution in [0.5, 0.6) is 5.75 Å². The van der Waals surface area contributed by atoms with Gasteiger partial charge in [0.1, 0.15) is 12.3 Å². The normalized spacial score (nSPS) is 10.9. The first kappa shape index (κ1) is 32.9. The first-order valence-corrected chi connectivity index (χ1v) is 12.6. The molecule has 36 heavy (non-hydrogen) atoms. The van der Waals surface area contributed by atoms with Gasteiger partial charge in [0.2, 0.25) is 5.91 Å². The van der Waals surface area contributed by atoms with Crippen LogP contribution in [0, 0.1) is 19.8 Å². The summed E-state index contributed by atoms with van der Waals surface area (Å²) in [5, 5.41) is 4.01. The van der Waals surface area contributed by atoms with Gasteiger partial charge in [-0.15, -0.1) is 12.8 Å². The molecule has 1 amide bonds. The number of carbonyl (C=O) groups excluding carboxylic acids is 2. The third-order valence-corrected chi connectivity index (χ3v) is 6.04. The minimum absolute atomic E-state index is 0.0277. The summed E-state index contributed by atoms with van der Waals surface area (Å²) in [4.78, 5) is 28.0. The standard InChI is InChI=1S/C24H30N2O3S.C3H5Cl.C2H2/c1-8-16(5)24(28)23-17(6)26(20-14-18(29-7)12-13-19(20)23)15-21(27)25(10-3)22(9-2)30-11-4;1-3(2)4;1-2/h8-9,11-14H,4,10,15H2,1-3,5-7H3;1H2,2H3;1-2H/b16-8+,22-9-;;. The molecular weight excluding hydrogens is 492 g/mol. The van der Waals surface area contributed by atoms with Crippen molar-refractivity contribution >= 4 is 46.0 Å². The van der Waals surface area contributed by atoms with Crippen molar-refractivity contribution < 1.29 is 14.3 Å². The zero-order chi connectivity index (χ0) is 28.0. The molecule has 194 valence electrons. The van der Waals surface area contributed by atoms with Crippen LogP contribution in [0.3, 0.4) is 0 Å². The molecule has 0 bridgehead atoms. The van der Waals surface area contributed by atoms with Crippen molar-refractivity contribution in [3.8, 4) is 18.6 Å². The summed E-state index contributed by atoms with van der Waals surface area (Å²) in [6.07, 6.45) is 11.7. The number of methoxy groups -OCH3 is 1. The fourth-order valence-electron chi connectivity index (χ4n) is 3.45. The second-order valence-corrected chi connectivity index (χ2v) is 9.09. The molecule has 0 N–H and O–H groups in total. The maximum absolute atomic E-state index is 13.2. The number of hydrogen-bond acceptors (Lipinski definition) is 4. The molecule has 0 radical (unpaired) electrons. The zero-order valence-electron chi connectivity index (χ0n) is 22.4. The Labute approximate surface area is 225 Å². The number of nitrogens with zero attached hydrogens (tertiary/aromatic N) is 2. The molecule has 7 heteroatoms. The Hall–Kier alpha value is -3.14. The molecule has 2 rings (SSSR count). The number of amides is 1. The number of hydrogen-bond donors (Lipinski definition) is 0. The van der Waals surface area contributed by atoms with Gasteiger partial charge in [-0.1, -0.05) is 48.7 Å². The van der Waals surface area contributed by atoms with Crippen LogP contribution in [-0.2, 0) is 11.3 Å². The Morgan fingerprint density at radius 3 is 2.25 bits per heavy atom. The molecule has 5 nitrogen and oxygen atoms in total. The lowest BCUT2D eigenvalue weighted by molar-refractivity contribution is -0.129. The highest BCUT2D eigenvalue weighted by Crippen LogP contribution is 2.31. The molecule has 0 atom stereocenters. The number of aromatic nitrogens is 1. The summed E-state index contributed by atoms with van der Waals surface area (Å²) in [7, 11) is 1.60. The number of Topliss-reactive ketones (excluding diaryl/α,β-unsaturated/α-hetero) is 1. The summed E-state index contributed by atoms with van der Waals surface area (Å²) in [5.41, 5.74) is 2.88.